The summed E-state index contributed by atoms with van der Waals surface area (Å²) in [5, 5.41) is 7.27. The maximum Gasteiger partial charge on any atom is 0.254 e. The molecule has 2 aromatic carbocycles. The van der Waals surface area contributed by atoms with Crippen molar-refractivity contribution in [3.8, 4) is 22.7 Å². The maximum atomic E-state index is 12.7. The Hall–Kier alpha value is -4.00. The summed E-state index contributed by atoms with van der Waals surface area (Å²) in [7, 11) is 0. The van der Waals surface area contributed by atoms with Crippen LogP contribution in [0.5, 0.6) is 5.75 Å². The van der Waals surface area contributed by atoms with E-state index in [1.54, 1.807) is 23.3 Å². The Morgan fingerprint density at radius 1 is 1.12 bits per heavy atom. The van der Waals surface area contributed by atoms with E-state index in [1.807, 2.05) is 56.3 Å². The lowest BCUT2D eigenvalue weighted by atomic mass is 10.0. The summed E-state index contributed by atoms with van der Waals surface area (Å²) in [5.74, 6) is 0.652. The van der Waals surface area contributed by atoms with Crippen LogP contribution in [0.3, 0.4) is 0 Å². The van der Waals surface area contributed by atoms with Gasteiger partial charge in [-0.25, -0.2) is 9.67 Å². The Morgan fingerprint density at radius 3 is 2.81 bits per heavy atom. The second-order valence-electron chi connectivity index (χ2n) is 7.90. The molecule has 0 fully saturated rings. The number of fused-ring (bicyclic) bond motifs is 1. The summed E-state index contributed by atoms with van der Waals surface area (Å²) in [6.07, 6.45) is 5.65. The van der Waals surface area contributed by atoms with Crippen molar-refractivity contribution in [2.75, 3.05) is 6.54 Å². The van der Waals surface area contributed by atoms with Crippen LogP contribution >= 0.6 is 0 Å². The Balaban J connectivity index is 1.27. The molecule has 7 nitrogen and oxygen atoms in total. The van der Waals surface area contributed by atoms with E-state index in [2.05, 4.69) is 26.4 Å². The Labute approximate surface area is 186 Å². The molecular weight excluding hydrogens is 402 g/mol. The van der Waals surface area contributed by atoms with Crippen LogP contribution in [-0.4, -0.2) is 38.3 Å². The standard InChI is InChI=1S/C25H23N5O2/c1-16-12-26-17(2)23(29-16)22-10-6-7-18-11-21(32-24(18)22)14-27-25(31)19-13-28-30(15-19)20-8-4-3-5-9-20/h3-10,12-13,15,21H,11,14H2,1-2H3,(H,27,31)/t21-/m1/s1. The number of amides is 1. The minimum Gasteiger partial charge on any atom is -0.487 e. The van der Waals surface area contributed by atoms with Gasteiger partial charge in [-0.3, -0.25) is 9.78 Å². The number of aromatic nitrogens is 4. The van der Waals surface area contributed by atoms with E-state index < -0.39 is 0 Å². The number of para-hydroxylation sites is 2. The van der Waals surface area contributed by atoms with E-state index in [0.717, 1.165) is 46.1 Å². The number of nitrogens with one attached hydrogen (secondary N) is 1. The lowest BCUT2D eigenvalue weighted by Crippen LogP contribution is -2.34. The second-order valence-corrected chi connectivity index (χ2v) is 7.90. The molecule has 3 heterocycles. The fraction of sp³-hybridized carbons (Fsp3) is 0.200. The highest BCUT2D eigenvalue weighted by atomic mass is 16.5. The maximum absolute atomic E-state index is 12.7. The largest absolute Gasteiger partial charge is 0.487 e. The van der Waals surface area contributed by atoms with Crippen molar-refractivity contribution in [1.29, 1.82) is 0 Å². The lowest BCUT2D eigenvalue weighted by molar-refractivity contribution is 0.0933. The van der Waals surface area contributed by atoms with Crippen molar-refractivity contribution >= 4 is 5.91 Å². The van der Waals surface area contributed by atoms with Gasteiger partial charge in [0.15, 0.2) is 0 Å². The number of aryl methyl sites for hydroxylation is 2. The van der Waals surface area contributed by atoms with E-state index in [9.17, 15) is 4.79 Å². The number of nitrogens with zero attached hydrogens (tertiary/aromatic N) is 4. The van der Waals surface area contributed by atoms with E-state index in [-0.39, 0.29) is 12.0 Å². The fourth-order valence-corrected chi connectivity index (χ4v) is 3.90. The number of carbonyl (C=O) groups is 1. The molecule has 0 unspecified atom stereocenters. The van der Waals surface area contributed by atoms with Crippen LogP contribution in [-0.2, 0) is 6.42 Å². The first-order chi connectivity index (χ1) is 15.6. The lowest BCUT2D eigenvalue weighted by Gasteiger charge is -2.14. The fourth-order valence-electron chi connectivity index (χ4n) is 3.90. The molecule has 7 heteroatoms. The molecule has 5 rings (SSSR count). The van der Waals surface area contributed by atoms with Gasteiger partial charge in [-0.15, -0.1) is 0 Å². The van der Waals surface area contributed by atoms with Crippen molar-refractivity contribution in [2.45, 2.75) is 26.4 Å². The van der Waals surface area contributed by atoms with Gasteiger partial charge in [0, 0.05) is 24.4 Å². The van der Waals surface area contributed by atoms with Crippen LogP contribution in [0.15, 0.2) is 67.1 Å². The molecule has 0 radical (unpaired) electrons. The van der Waals surface area contributed by atoms with E-state index in [0.29, 0.717) is 12.1 Å². The molecule has 160 valence electrons. The first-order valence-electron chi connectivity index (χ1n) is 10.6. The van der Waals surface area contributed by atoms with Crippen LogP contribution in [0.4, 0.5) is 0 Å². The Kier molecular flexibility index (Phi) is 5.15. The molecule has 1 N–H and O–H groups in total. The molecule has 1 atom stereocenters. The first-order valence-corrected chi connectivity index (χ1v) is 10.6. The predicted octanol–water partition coefficient (Wildman–Crippen LogP) is 3.68. The van der Waals surface area contributed by atoms with E-state index in [4.69, 9.17) is 4.74 Å². The number of carbonyl (C=O) groups excluding carboxylic acids is 1. The highest BCUT2D eigenvalue weighted by Crippen LogP contribution is 2.38. The van der Waals surface area contributed by atoms with Crippen molar-refractivity contribution in [3.63, 3.8) is 0 Å². The summed E-state index contributed by atoms with van der Waals surface area (Å²) in [4.78, 5) is 21.7. The Bertz CT molecular complexity index is 1280. The molecule has 32 heavy (non-hydrogen) atoms. The van der Waals surface area contributed by atoms with E-state index in [1.165, 1.54) is 0 Å². The second kappa shape index (κ2) is 8.26. The van der Waals surface area contributed by atoms with Gasteiger partial charge in [-0.05, 0) is 37.6 Å². The summed E-state index contributed by atoms with van der Waals surface area (Å²) in [6.45, 7) is 4.28. The number of rotatable bonds is 5. The van der Waals surface area contributed by atoms with Crippen molar-refractivity contribution < 1.29 is 9.53 Å². The minimum atomic E-state index is -0.174. The van der Waals surface area contributed by atoms with Gasteiger partial charge in [-0.2, -0.15) is 5.10 Å². The summed E-state index contributed by atoms with van der Waals surface area (Å²) in [5.41, 5.74) is 6.02. The summed E-state index contributed by atoms with van der Waals surface area (Å²) < 4.78 is 7.93. The quantitative estimate of drug-likeness (QED) is 0.528. The third-order valence-corrected chi connectivity index (χ3v) is 5.52. The van der Waals surface area contributed by atoms with Gasteiger partial charge in [0.25, 0.3) is 5.91 Å². The van der Waals surface area contributed by atoms with Crippen LogP contribution in [0, 0.1) is 13.8 Å². The highest BCUT2D eigenvalue weighted by molar-refractivity contribution is 5.93. The van der Waals surface area contributed by atoms with Gasteiger partial charge in [-0.1, -0.05) is 30.3 Å². The van der Waals surface area contributed by atoms with Gasteiger partial charge < -0.3 is 10.1 Å². The van der Waals surface area contributed by atoms with Crippen LogP contribution in [0.25, 0.3) is 16.9 Å². The number of ether oxygens (including phenoxy) is 1. The normalized spacial score (nSPS) is 14.6. The summed E-state index contributed by atoms with van der Waals surface area (Å²) in [6, 6.07) is 15.8. The molecule has 0 saturated heterocycles. The molecule has 0 bridgehead atoms. The molecule has 2 aromatic heterocycles. The molecular formula is C25H23N5O2. The topological polar surface area (TPSA) is 81.9 Å². The van der Waals surface area contributed by atoms with Gasteiger partial charge in [0.05, 0.1) is 41.1 Å². The average molecular weight is 425 g/mol. The highest BCUT2D eigenvalue weighted by Gasteiger charge is 2.27. The molecule has 1 aliphatic heterocycles. The molecule has 1 aliphatic rings. The molecule has 1 amide bonds. The first kappa shape index (κ1) is 19.9. The molecule has 0 saturated carbocycles. The zero-order valence-corrected chi connectivity index (χ0v) is 17.9. The van der Waals surface area contributed by atoms with Crippen molar-refractivity contribution in [2.24, 2.45) is 0 Å². The van der Waals surface area contributed by atoms with Gasteiger partial charge in [0.2, 0.25) is 0 Å². The average Bonchev–Trinajstić information content (AvgIpc) is 3.47. The molecule has 0 spiro atoms. The number of benzene rings is 2. The number of hydrogen-bond acceptors (Lipinski definition) is 5. The molecule has 4 aromatic rings. The SMILES string of the molecule is Cc1cnc(C)c(-c2cccc3c2O[C@@H](CNC(=O)c2cnn(-c4ccccc4)c2)C3)n1. The third kappa shape index (κ3) is 3.85. The third-order valence-electron chi connectivity index (χ3n) is 5.52. The zero-order chi connectivity index (χ0) is 22.1. The van der Waals surface area contributed by atoms with Crippen molar-refractivity contribution in [1.82, 2.24) is 25.1 Å². The van der Waals surface area contributed by atoms with E-state index >= 15 is 0 Å². The van der Waals surface area contributed by atoms with Gasteiger partial charge >= 0.3 is 0 Å². The van der Waals surface area contributed by atoms with Gasteiger partial charge in [0.1, 0.15) is 11.9 Å². The zero-order valence-electron chi connectivity index (χ0n) is 17.9. The monoisotopic (exact) mass is 425 g/mol. The number of hydrogen-bond donors (Lipinski definition) is 1. The summed E-state index contributed by atoms with van der Waals surface area (Å²) >= 11 is 0. The Morgan fingerprint density at radius 2 is 1.97 bits per heavy atom. The van der Waals surface area contributed by atoms with Crippen LogP contribution < -0.4 is 10.1 Å². The smallest absolute Gasteiger partial charge is 0.254 e. The predicted molar refractivity (Wildman–Crippen MR) is 121 cm³/mol. The van der Waals surface area contributed by atoms with Crippen LogP contribution in [0.2, 0.25) is 0 Å². The van der Waals surface area contributed by atoms with Crippen LogP contribution in [0.1, 0.15) is 27.3 Å². The van der Waals surface area contributed by atoms with Crippen molar-refractivity contribution in [3.05, 3.63) is 89.6 Å². The molecule has 0 aliphatic carbocycles. The minimum absolute atomic E-state index is 0.141.